The first-order valence-corrected chi connectivity index (χ1v) is 12.2. The molecule has 0 saturated carbocycles. The van der Waals surface area contributed by atoms with E-state index in [1.54, 1.807) is 0 Å². The molecule has 0 unspecified atom stereocenters. The summed E-state index contributed by atoms with van der Waals surface area (Å²) < 4.78 is 5.40. The molecule has 4 heterocycles. The molecule has 0 bridgehead atoms. The lowest BCUT2D eigenvalue weighted by Gasteiger charge is -2.26. The van der Waals surface area contributed by atoms with Gasteiger partial charge < -0.3 is 15.0 Å². The molecule has 9 heteroatoms. The number of nitrogens with zero attached hydrogens (tertiary/aromatic N) is 2. The third kappa shape index (κ3) is 4.90. The number of carbonyl (C=O) groups is 3. The van der Waals surface area contributed by atoms with Gasteiger partial charge in [0.1, 0.15) is 0 Å². The van der Waals surface area contributed by atoms with Crippen LogP contribution >= 0.6 is 11.8 Å². The highest BCUT2D eigenvalue weighted by Crippen LogP contribution is 2.34. The van der Waals surface area contributed by atoms with E-state index >= 15 is 0 Å². The molecule has 2 saturated heterocycles. The van der Waals surface area contributed by atoms with Crippen molar-refractivity contribution in [3.8, 4) is 0 Å². The van der Waals surface area contributed by atoms with Gasteiger partial charge in [0.15, 0.2) is 0 Å². The molecule has 33 heavy (non-hydrogen) atoms. The molecule has 2 fully saturated rings. The van der Waals surface area contributed by atoms with Crippen molar-refractivity contribution < 1.29 is 19.1 Å². The first kappa shape index (κ1) is 21.9. The second-order valence-electron chi connectivity index (χ2n) is 8.41. The number of rotatable bonds is 7. The van der Waals surface area contributed by atoms with Crippen LogP contribution in [0.4, 0.5) is 10.5 Å². The largest absolute Gasteiger partial charge is 0.379 e. The fraction of sp³-hybridized carbons (Fsp3) is 0.375. The number of H-pyrrole nitrogens is 1. The number of thioether (sulfide) groups is 1. The topological polar surface area (TPSA) is 94.7 Å². The van der Waals surface area contributed by atoms with Crippen molar-refractivity contribution in [2.75, 3.05) is 50.5 Å². The van der Waals surface area contributed by atoms with Crippen LogP contribution in [0.5, 0.6) is 0 Å². The van der Waals surface area contributed by atoms with Crippen LogP contribution in [0.25, 0.3) is 11.6 Å². The number of nitrogens with one attached hydrogen (secondary N) is 2. The number of aromatic amines is 1. The SMILES string of the molecule is O=C1Nc2ccc(CCN3C(=O)CSC3=O)cc2C1=Cc1cc(CCN2CCOCC2)c[nH]1. The predicted octanol–water partition coefficient (Wildman–Crippen LogP) is 2.62. The van der Waals surface area contributed by atoms with Crippen LogP contribution in [0.2, 0.25) is 0 Å². The molecule has 0 spiro atoms. The van der Waals surface area contributed by atoms with Crippen LogP contribution < -0.4 is 5.32 Å². The Morgan fingerprint density at radius 3 is 2.64 bits per heavy atom. The number of amides is 3. The summed E-state index contributed by atoms with van der Waals surface area (Å²) in [6.07, 6.45) is 5.38. The number of imide groups is 1. The Hall–Kier alpha value is -2.88. The Bertz CT molecular complexity index is 1100. The third-order valence-electron chi connectivity index (χ3n) is 6.22. The predicted molar refractivity (Wildman–Crippen MR) is 128 cm³/mol. The first-order chi connectivity index (χ1) is 16.1. The standard InChI is InChI=1S/C24H26N4O4S/c29-22-15-33-24(31)28(22)6-4-16-1-2-21-19(12-16)20(23(30)26-21)13-18-11-17(14-25-18)3-5-27-7-9-32-10-8-27/h1-2,11-14,25H,3-10,15H2,(H,26,30). The minimum atomic E-state index is -0.185. The number of fused-ring (bicyclic) bond motifs is 1. The van der Waals surface area contributed by atoms with Gasteiger partial charge in [-0.3, -0.25) is 24.2 Å². The lowest BCUT2D eigenvalue weighted by molar-refractivity contribution is -0.124. The monoisotopic (exact) mass is 466 g/mol. The van der Waals surface area contributed by atoms with E-state index in [4.69, 9.17) is 4.74 Å². The average Bonchev–Trinajstić information content (AvgIpc) is 3.50. The first-order valence-electron chi connectivity index (χ1n) is 11.2. The summed E-state index contributed by atoms with van der Waals surface area (Å²) in [5, 5.41) is 2.73. The molecule has 8 nitrogen and oxygen atoms in total. The van der Waals surface area contributed by atoms with Crippen molar-refractivity contribution >= 4 is 46.2 Å². The fourth-order valence-corrected chi connectivity index (χ4v) is 5.08. The van der Waals surface area contributed by atoms with Gasteiger partial charge in [-0.25, -0.2) is 0 Å². The number of aromatic nitrogens is 1. The molecule has 1 aromatic carbocycles. The molecule has 5 rings (SSSR count). The number of benzene rings is 1. The Labute approximate surface area is 196 Å². The number of hydrogen-bond donors (Lipinski definition) is 2. The van der Waals surface area contributed by atoms with Gasteiger partial charge in [-0.1, -0.05) is 17.8 Å². The summed E-state index contributed by atoms with van der Waals surface area (Å²) in [6.45, 7) is 4.88. The van der Waals surface area contributed by atoms with Crippen molar-refractivity contribution in [1.29, 1.82) is 0 Å². The van der Waals surface area contributed by atoms with Crippen molar-refractivity contribution in [2.24, 2.45) is 0 Å². The fourth-order valence-electron chi connectivity index (χ4n) is 4.33. The van der Waals surface area contributed by atoms with Gasteiger partial charge in [-0.15, -0.1) is 0 Å². The van der Waals surface area contributed by atoms with E-state index in [0.717, 1.165) is 73.5 Å². The van der Waals surface area contributed by atoms with E-state index < -0.39 is 0 Å². The number of ether oxygens (including phenoxy) is 1. The Balaban J connectivity index is 1.27. The molecular weight excluding hydrogens is 440 g/mol. The zero-order valence-corrected chi connectivity index (χ0v) is 19.1. The van der Waals surface area contributed by atoms with E-state index in [1.807, 2.05) is 30.5 Å². The van der Waals surface area contributed by atoms with Gasteiger partial charge in [-0.2, -0.15) is 0 Å². The van der Waals surface area contributed by atoms with E-state index in [9.17, 15) is 14.4 Å². The quantitative estimate of drug-likeness (QED) is 0.610. The van der Waals surface area contributed by atoms with E-state index in [2.05, 4.69) is 21.3 Å². The summed E-state index contributed by atoms with van der Waals surface area (Å²) in [5.74, 6) is -0.0495. The Kier molecular flexibility index (Phi) is 6.34. The maximum absolute atomic E-state index is 12.6. The summed E-state index contributed by atoms with van der Waals surface area (Å²) in [5.41, 5.74) is 5.30. The zero-order valence-electron chi connectivity index (χ0n) is 18.3. The van der Waals surface area contributed by atoms with Crippen LogP contribution in [-0.2, 0) is 27.2 Å². The number of hydrogen-bond acceptors (Lipinski definition) is 6. The van der Waals surface area contributed by atoms with E-state index in [0.29, 0.717) is 18.5 Å². The summed E-state index contributed by atoms with van der Waals surface area (Å²) in [4.78, 5) is 43.3. The highest BCUT2D eigenvalue weighted by atomic mass is 32.2. The average molecular weight is 467 g/mol. The van der Waals surface area contributed by atoms with Gasteiger partial charge in [0.05, 0.1) is 24.5 Å². The van der Waals surface area contributed by atoms with Crippen molar-refractivity contribution in [3.05, 3.63) is 52.8 Å². The second kappa shape index (κ2) is 9.54. The van der Waals surface area contributed by atoms with Crippen LogP contribution in [-0.4, -0.2) is 77.0 Å². The smallest absolute Gasteiger partial charge is 0.288 e. The van der Waals surface area contributed by atoms with Gasteiger partial charge in [-0.05, 0) is 48.2 Å². The highest BCUT2D eigenvalue weighted by Gasteiger charge is 2.30. The number of carbonyl (C=O) groups excluding carboxylic acids is 3. The van der Waals surface area contributed by atoms with Crippen LogP contribution in [0, 0.1) is 0 Å². The molecule has 2 N–H and O–H groups in total. The lowest BCUT2D eigenvalue weighted by Crippen LogP contribution is -2.37. The van der Waals surface area contributed by atoms with E-state index in [1.165, 1.54) is 10.5 Å². The third-order valence-corrected chi connectivity index (χ3v) is 7.08. The maximum Gasteiger partial charge on any atom is 0.288 e. The molecule has 0 atom stereocenters. The minimum absolute atomic E-state index is 0.132. The number of anilines is 1. The normalized spacial score (nSPS) is 20.1. The summed E-state index contributed by atoms with van der Waals surface area (Å²) >= 11 is 1.05. The summed E-state index contributed by atoms with van der Waals surface area (Å²) in [6, 6.07) is 7.87. The molecular formula is C24H26N4O4S. The summed E-state index contributed by atoms with van der Waals surface area (Å²) in [7, 11) is 0. The Morgan fingerprint density at radius 2 is 1.85 bits per heavy atom. The molecule has 1 aromatic heterocycles. The van der Waals surface area contributed by atoms with Crippen molar-refractivity contribution in [2.45, 2.75) is 12.8 Å². The van der Waals surface area contributed by atoms with E-state index in [-0.39, 0.29) is 22.8 Å². The van der Waals surface area contributed by atoms with Gasteiger partial charge in [0, 0.05) is 49.3 Å². The Morgan fingerprint density at radius 1 is 1.03 bits per heavy atom. The molecule has 0 radical (unpaired) electrons. The zero-order chi connectivity index (χ0) is 22.8. The molecule has 0 aliphatic carbocycles. The molecule has 3 amide bonds. The minimum Gasteiger partial charge on any atom is -0.379 e. The maximum atomic E-state index is 12.6. The molecule has 2 aromatic rings. The molecule has 172 valence electrons. The molecule has 3 aliphatic rings. The van der Waals surface area contributed by atoms with Gasteiger partial charge >= 0.3 is 0 Å². The van der Waals surface area contributed by atoms with Crippen LogP contribution in [0.3, 0.4) is 0 Å². The molecule has 3 aliphatic heterocycles. The van der Waals surface area contributed by atoms with Gasteiger partial charge in [0.2, 0.25) is 5.91 Å². The van der Waals surface area contributed by atoms with Gasteiger partial charge in [0.25, 0.3) is 11.1 Å². The van der Waals surface area contributed by atoms with Crippen LogP contribution in [0.15, 0.2) is 30.5 Å². The van der Waals surface area contributed by atoms with Crippen molar-refractivity contribution in [3.63, 3.8) is 0 Å². The number of morpholine rings is 1. The second-order valence-corrected chi connectivity index (χ2v) is 9.34. The van der Waals surface area contributed by atoms with Crippen molar-refractivity contribution in [1.82, 2.24) is 14.8 Å². The highest BCUT2D eigenvalue weighted by molar-refractivity contribution is 8.14. The lowest BCUT2D eigenvalue weighted by atomic mass is 10.0. The van der Waals surface area contributed by atoms with Crippen LogP contribution in [0.1, 0.15) is 22.4 Å².